The molecule has 0 saturated heterocycles. The lowest BCUT2D eigenvalue weighted by molar-refractivity contribution is -0.126. The number of nitriles is 1. The van der Waals surface area contributed by atoms with E-state index in [2.05, 4.69) is 27.3 Å². The molecule has 1 aliphatic heterocycles. The first-order chi connectivity index (χ1) is 11.0. The zero-order valence-corrected chi connectivity index (χ0v) is 14.1. The summed E-state index contributed by atoms with van der Waals surface area (Å²) >= 11 is 3.16. The van der Waals surface area contributed by atoms with Crippen molar-refractivity contribution in [2.24, 2.45) is 10.8 Å². The molecule has 2 unspecified atom stereocenters. The molecule has 120 valence electrons. The molecular formula is C17H16BrFN2O2. The lowest BCUT2D eigenvalue weighted by Gasteiger charge is -2.18. The summed E-state index contributed by atoms with van der Waals surface area (Å²) in [6.45, 7) is 0.269. The predicted octanol–water partition coefficient (Wildman–Crippen LogP) is 3.61. The number of carbonyl (C=O) groups is 1. The van der Waals surface area contributed by atoms with Crippen LogP contribution in [0, 0.1) is 28.0 Å². The second kappa shape index (κ2) is 4.94. The summed E-state index contributed by atoms with van der Waals surface area (Å²) in [5, 5.41) is 12.6. The van der Waals surface area contributed by atoms with E-state index in [-0.39, 0.29) is 24.0 Å². The molecule has 4 rings (SSSR count). The molecule has 0 radical (unpaired) electrons. The first-order valence-electron chi connectivity index (χ1n) is 7.85. The maximum Gasteiger partial charge on any atom is 0.241 e. The molecule has 0 aromatic heterocycles. The van der Waals surface area contributed by atoms with Crippen molar-refractivity contribution in [2.45, 2.75) is 38.1 Å². The van der Waals surface area contributed by atoms with Gasteiger partial charge >= 0.3 is 0 Å². The highest BCUT2D eigenvalue weighted by Gasteiger charge is 2.73. The molecule has 3 aliphatic rings. The lowest BCUT2D eigenvalue weighted by Crippen LogP contribution is -2.37. The summed E-state index contributed by atoms with van der Waals surface area (Å²) in [5.41, 5.74) is -0.248. The normalized spacial score (nSPS) is 29.7. The van der Waals surface area contributed by atoms with Crippen LogP contribution in [-0.4, -0.2) is 12.5 Å². The average molecular weight is 379 g/mol. The van der Waals surface area contributed by atoms with Crippen molar-refractivity contribution in [3.63, 3.8) is 0 Å². The third-order valence-electron chi connectivity index (χ3n) is 5.66. The van der Waals surface area contributed by atoms with Crippen molar-refractivity contribution in [1.82, 2.24) is 5.32 Å². The van der Waals surface area contributed by atoms with E-state index in [9.17, 15) is 14.4 Å². The SMILES string of the molecule is N#CC1(C(=O)NC2COc3cc(F)c(Br)cc32)CC12CCCC2. The van der Waals surface area contributed by atoms with Gasteiger partial charge in [0, 0.05) is 17.0 Å². The molecule has 1 heterocycles. The Hall–Kier alpha value is -1.61. The van der Waals surface area contributed by atoms with Crippen LogP contribution in [-0.2, 0) is 4.79 Å². The van der Waals surface area contributed by atoms with Gasteiger partial charge in [-0.05, 0) is 41.3 Å². The van der Waals surface area contributed by atoms with E-state index < -0.39 is 11.2 Å². The van der Waals surface area contributed by atoms with Crippen LogP contribution in [0.15, 0.2) is 16.6 Å². The number of nitrogens with zero attached hydrogens (tertiary/aromatic N) is 1. The summed E-state index contributed by atoms with van der Waals surface area (Å²) in [5.74, 6) is -0.145. The molecule has 1 N–H and O–H groups in total. The van der Waals surface area contributed by atoms with Gasteiger partial charge in [0.15, 0.2) is 0 Å². The molecule has 23 heavy (non-hydrogen) atoms. The van der Waals surface area contributed by atoms with Gasteiger partial charge in [-0.2, -0.15) is 5.26 Å². The lowest BCUT2D eigenvalue weighted by atomic mass is 9.91. The number of benzene rings is 1. The molecule has 4 nitrogen and oxygen atoms in total. The number of halogens is 2. The average Bonchev–Trinajstić information content (AvgIpc) is 2.80. The Labute approximate surface area is 142 Å². The van der Waals surface area contributed by atoms with Gasteiger partial charge < -0.3 is 10.1 Å². The topological polar surface area (TPSA) is 62.1 Å². The van der Waals surface area contributed by atoms with Gasteiger partial charge in [0.1, 0.15) is 23.6 Å². The maximum absolute atomic E-state index is 13.6. The van der Waals surface area contributed by atoms with Crippen LogP contribution >= 0.6 is 15.9 Å². The third kappa shape index (κ3) is 2.02. The van der Waals surface area contributed by atoms with Crippen LogP contribution in [0.5, 0.6) is 5.75 Å². The van der Waals surface area contributed by atoms with Crippen LogP contribution < -0.4 is 10.1 Å². The van der Waals surface area contributed by atoms with E-state index in [4.69, 9.17) is 4.74 Å². The second-order valence-electron chi connectivity index (χ2n) is 6.82. The van der Waals surface area contributed by atoms with E-state index in [1.54, 1.807) is 6.07 Å². The van der Waals surface area contributed by atoms with Gasteiger partial charge in [-0.3, -0.25) is 4.79 Å². The Balaban J connectivity index is 1.56. The summed E-state index contributed by atoms with van der Waals surface area (Å²) in [6, 6.07) is 4.91. The molecular weight excluding hydrogens is 363 g/mol. The minimum absolute atomic E-state index is 0.114. The van der Waals surface area contributed by atoms with Crippen molar-refractivity contribution in [1.29, 1.82) is 5.26 Å². The highest BCUT2D eigenvalue weighted by Crippen LogP contribution is 2.71. The molecule has 2 saturated carbocycles. The van der Waals surface area contributed by atoms with E-state index in [0.29, 0.717) is 16.6 Å². The van der Waals surface area contributed by atoms with Crippen LogP contribution in [0.2, 0.25) is 0 Å². The molecule has 2 fully saturated rings. The summed E-state index contributed by atoms with van der Waals surface area (Å²) < 4.78 is 19.4. The Morgan fingerprint density at radius 3 is 2.87 bits per heavy atom. The zero-order chi connectivity index (χ0) is 16.2. The Bertz CT molecular complexity index is 739. The Kier molecular flexibility index (Phi) is 3.21. The first kappa shape index (κ1) is 14.9. The van der Waals surface area contributed by atoms with Crippen molar-refractivity contribution in [3.8, 4) is 11.8 Å². The van der Waals surface area contributed by atoms with Crippen molar-refractivity contribution < 1.29 is 13.9 Å². The van der Waals surface area contributed by atoms with Gasteiger partial charge in [-0.1, -0.05) is 12.8 Å². The smallest absolute Gasteiger partial charge is 0.241 e. The van der Waals surface area contributed by atoms with Crippen LogP contribution in [0.1, 0.15) is 43.7 Å². The molecule has 2 atom stereocenters. The highest BCUT2D eigenvalue weighted by atomic mass is 79.9. The second-order valence-corrected chi connectivity index (χ2v) is 7.68. The van der Waals surface area contributed by atoms with Gasteiger partial charge in [0.05, 0.1) is 16.6 Å². The molecule has 2 aliphatic carbocycles. The summed E-state index contributed by atoms with van der Waals surface area (Å²) in [7, 11) is 0. The number of amides is 1. The zero-order valence-electron chi connectivity index (χ0n) is 12.5. The largest absolute Gasteiger partial charge is 0.491 e. The third-order valence-corrected chi connectivity index (χ3v) is 6.27. The number of fused-ring (bicyclic) bond motifs is 1. The Morgan fingerprint density at radius 2 is 2.17 bits per heavy atom. The number of hydrogen-bond donors (Lipinski definition) is 1. The quantitative estimate of drug-likeness (QED) is 0.854. The van der Waals surface area contributed by atoms with E-state index in [1.807, 2.05) is 0 Å². The van der Waals surface area contributed by atoms with E-state index >= 15 is 0 Å². The van der Waals surface area contributed by atoms with Gasteiger partial charge in [-0.25, -0.2) is 4.39 Å². The fraction of sp³-hybridized carbons (Fsp3) is 0.529. The summed E-state index contributed by atoms with van der Waals surface area (Å²) in [4.78, 5) is 12.8. The monoisotopic (exact) mass is 378 g/mol. The highest BCUT2D eigenvalue weighted by molar-refractivity contribution is 9.10. The molecule has 1 spiro atoms. The number of carbonyl (C=O) groups excluding carboxylic acids is 1. The van der Waals surface area contributed by atoms with Crippen LogP contribution in [0.4, 0.5) is 4.39 Å². The number of ether oxygens (including phenoxy) is 1. The molecule has 1 aromatic carbocycles. The number of rotatable bonds is 2. The molecule has 1 amide bonds. The van der Waals surface area contributed by atoms with Crippen molar-refractivity contribution in [3.05, 3.63) is 28.0 Å². The number of hydrogen-bond acceptors (Lipinski definition) is 3. The molecule has 1 aromatic rings. The summed E-state index contributed by atoms with van der Waals surface area (Å²) in [6.07, 6.45) is 4.78. The molecule has 6 heteroatoms. The predicted molar refractivity (Wildman–Crippen MR) is 84.0 cm³/mol. The van der Waals surface area contributed by atoms with Crippen molar-refractivity contribution in [2.75, 3.05) is 6.61 Å². The van der Waals surface area contributed by atoms with Crippen LogP contribution in [0.3, 0.4) is 0 Å². The number of nitrogens with one attached hydrogen (secondary N) is 1. The minimum atomic E-state index is -0.885. The molecule has 0 bridgehead atoms. The Morgan fingerprint density at radius 1 is 1.43 bits per heavy atom. The van der Waals surface area contributed by atoms with Gasteiger partial charge in [0.2, 0.25) is 5.91 Å². The maximum atomic E-state index is 13.6. The first-order valence-corrected chi connectivity index (χ1v) is 8.65. The van der Waals surface area contributed by atoms with E-state index in [0.717, 1.165) is 31.2 Å². The van der Waals surface area contributed by atoms with Gasteiger partial charge in [0.25, 0.3) is 0 Å². The fourth-order valence-electron chi connectivity index (χ4n) is 4.25. The van der Waals surface area contributed by atoms with Crippen molar-refractivity contribution >= 4 is 21.8 Å². The van der Waals surface area contributed by atoms with E-state index in [1.165, 1.54) is 6.07 Å². The minimum Gasteiger partial charge on any atom is -0.491 e. The fourth-order valence-corrected chi connectivity index (χ4v) is 4.61. The van der Waals surface area contributed by atoms with Gasteiger partial charge in [-0.15, -0.1) is 0 Å². The van der Waals surface area contributed by atoms with Crippen LogP contribution in [0.25, 0.3) is 0 Å². The standard InChI is InChI=1S/C17H16BrFN2O2/c18-11-5-10-13(7-23-14(10)6-12(11)19)21-15(22)17(9-20)8-16(17)3-1-2-4-16/h5-6,13H,1-4,7-8H2,(H,21,22).